The maximum Gasteiger partial charge on any atom is 0.315 e. The van der Waals surface area contributed by atoms with Crippen molar-refractivity contribution >= 4 is 23.6 Å². The molecule has 0 heterocycles. The third kappa shape index (κ3) is 7.19. The zero-order valence-corrected chi connectivity index (χ0v) is 12.8. The zero-order valence-electron chi connectivity index (χ0n) is 12.0. The number of nitrogens with one attached hydrogen (secondary N) is 1. The summed E-state index contributed by atoms with van der Waals surface area (Å²) in [6, 6.07) is 8.26. The van der Waals surface area contributed by atoms with E-state index in [1.54, 1.807) is 0 Å². The van der Waals surface area contributed by atoms with Crippen molar-refractivity contribution in [3.05, 3.63) is 35.4 Å². The molecule has 20 heavy (non-hydrogen) atoms. The number of rotatable bonds is 8. The number of methoxy groups -OCH3 is 1. The van der Waals surface area contributed by atoms with Crippen molar-refractivity contribution in [3.8, 4) is 0 Å². The zero-order chi connectivity index (χ0) is 14.8. The fraction of sp³-hybridized carbons (Fsp3) is 0.467. The lowest BCUT2D eigenvalue weighted by Gasteiger charge is -2.06. The number of benzene rings is 1. The summed E-state index contributed by atoms with van der Waals surface area (Å²) in [5.41, 5.74) is 2.46. The first-order valence-corrected chi connectivity index (χ1v) is 7.74. The number of esters is 1. The lowest BCUT2D eigenvalue weighted by Crippen LogP contribution is -2.26. The summed E-state index contributed by atoms with van der Waals surface area (Å²) in [5, 5.41) is 2.88. The maximum atomic E-state index is 11.6. The Morgan fingerprint density at radius 3 is 2.85 bits per heavy atom. The van der Waals surface area contributed by atoms with E-state index >= 15 is 0 Å². The van der Waals surface area contributed by atoms with Gasteiger partial charge in [-0.3, -0.25) is 9.59 Å². The van der Waals surface area contributed by atoms with E-state index in [2.05, 4.69) is 35.2 Å². The summed E-state index contributed by atoms with van der Waals surface area (Å²) in [6.45, 7) is 2.70. The molecule has 0 fully saturated rings. The molecular weight excluding hydrogens is 274 g/mol. The normalized spacial score (nSPS) is 10.1. The van der Waals surface area contributed by atoms with E-state index in [0.717, 1.165) is 6.42 Å². The molecule has 1 rings (SSSR count). The molecule has 0 radical (unpaired) electrons. The molecular formula is C15H21NO3S. The second-order valence-electron chi connectivity index (χ2n) is 4.47. The standard InChI is InChI=1S/C15H21NO3S/c1-12-4-3-5-13(10-12)6-8-16-14(17)7-9-20-11-15(18)19-2/h3-5,10H,6-9,11H2,1-2H3,(H,16,17). The van der Waals surface area contributed by atoms with Crippen molar-refractivity contribution in [2.45, 2.75) is 19.8 Å². The first-order chi connectivity index (χ1) is 9.61. The molecule has 110 valence electrons. The minimum Gasteiger partial charge on any atom is -0.468 e. The first kappa shape index (κ1) is 16.6. The van der Waals surface area contributed by atoms with Crippen LogP contribution in [0.5, 0.6) is 0 Å². The van der Waals surface area contributed by atoms with Crippen LogP contribution in [0.2, 0.25) is 0 Å². The highest BCUT2D eigenvalue weighted by Crippen LogP contribution is 2.05. The van der Waals surface area contributed by atoms with Gasteiger partial charge in [0, 0.05) is 18.7 Å². The Balaban J connectivity index is 2.10. The van der Waals surface area contributed by atoms with Crippen LogP contribution in [0.15, 0.2) is 24.3 Å². The summed E-state index contributed by atoms with van der Waals surface area (Å²) in [6.07, 6.45) is 1.26. The summed E-state index contributed by atoms with van der Waals surface area (Å²) in [5.74, 6) is 0.697. The van der Waals surface area contributed by atoms with E-state index in [4.69, 9.17) is 0 Å². The van der Waals surface area contributed by atoms with Crippen LogP contribution in [-0.2, 0) is 20.7 Å². The first-order valence-electron chi connectivity index (χ1n) is 6.58. The van der Waals surface area contributed by atoms with Crippen LogP contribution in [-0.4, -0.2) is 37.0 Å². The Kier molecular flexibility index (Phi) is 7.80. The van der Waals surface area contributed by atoms with E-state index in [1.807, 2.05) is 6.07 Å². The smallest absolute Gasteiger partial charge is 0.315 e. The maximum absolute atomic E-state index is 11.6. The van der Waals surface area contributed by atoms with Gasteiger partial charge in [-0.15, -0.1) is 11.8 Å². The molecule has 0 aromatic heterocycles. The lowest BCUT2D eigenvalue weighted by atomic mass is 10.1. The van der Waals surface area contributed by atoms with E-state index in [1.165, 1.54) is 30.0 Å². The molecule has 0 aliphatic heterocycles. The lowest BCUT2D eigenvalue weighted by molar-refractivity contribution is -0.137. The molecule has 1 amide bonds. The summed E-state index contributed by atoms with van der Waals surface area (Å²) >= 11 is 1.41. The van der Waals surface area contributed by atoms with Crippen LogP contribution in [0.25, 0.3) is 0 Å². The Labute approximate surface area is 124 Å². The number of thioether (sulfide) groups is 1. The van der Waals surface area contributed by atoms with Crippen LogP contribution >= 0.6 is 11.8 Å². The Hall–Kier alpha value is -1.49. The summed E-state index contributed by atoms with van der Waals surface area (Å²) < 4.78 is 4.52. The van der Waals surface area contributed by atoms with Gasteiger partial charge in [0.1, 0.15) is 0 Å². The third-order valence-corrected chi connectivity index (χ3v) is 3.67. The van der Waals surface area contributed by atoms with Crippen molar-refractivity contribution in [2.24, 2.45) is 0 Å². The van der Waals surface area contributed by atoms with Crippen LogP contribution < -0.4 is 5.32 Å². The quantitative estimate of drug-likeness (QED) is 0.588. The highest BCUT2D eigenvalue weighted by atomic mass is 32.2. The average Bonchev–Trinajstić information content (AvgIpc) is 2.43. The van der Waals surface area contributed by atoms with Gasteiger partial charge in [-0.1, -0.05) is 29.8 Å². The van der Waals surface area contributed by atoms with Gasteiger partial charge in [-0.05, 0) is 18.9 Å². The molecule has 4 nitrogen and oxygen atoms in total. The largest absolute Gasteiger partial charge is 0.468 e. The van der Waals surface area contributed by atoms with Crippen molar-refractivity contribution in [1.29, 1.82) is 0 Å². The van der Waals surface area contributed by atoms with E-state index in [9.17, 15) is 9.59 Å². The van der Waals surface area contributed by atoms with Crippen molar-refractivity contribution in [1.82, 2.24) is 5.32 Å². The Morgan fingerprint density at radius 2 is 2.15 bits per heavy atom. The molecule has 0 aliphatic carbocycles. The second-order valence-corrected chi connectivity index (χ2v) is 5.57. The molecule has 0 unspecified atom stereocenters. The Bertz CT molecular complexity index is 448. The number of carbonyl (C=O) groups excluding carboxylic acids is 2. The van der Waals surface area contributed by atoms with Gasteiger partial charge in [0.05, 0.1) is 12.9 Å². The van der Waals surface area contributed by atoms with Crippen molar-refractivity contribution in [3.63, 3.8) is 0 Å². The number of carbonyl (C=O) groups is 2. The van der Waals surface area contributed by atoms with E-state index in [0.29, 0.717) is 24.5 Å². The van der Waals surface area contributed by atoms with Gasteiger partial charge in [-0.2, -0.15) is 0 Å². The van der Waals surface area contributed by atoms with Crippen LogP contribution in [0.3, 0.4) is 0 Å². The van der Waals surface area contributed by atoms with Crippen molar-refractivity contribution < 1.29 is 14.3 Å². The van der Waals surface area contributed by atoms with Gasteiger partial charge >= 0.3 is 5.97 Å². The second kappa shape index (κ2) is 9.42. The predicted molar refractivity (Wildman–Crippen MR) is 81.9 cm³/mol. The highest BCUT2D eigenvalue weighted by Gasteiger charge is 2.04. The number of amides is 1. The van der Waals surface area contributed by atoms with Gasteiger partial charge in [0.15, 0.2) is 0 Å². The number of aryl methyl sites for hydroxylation is 1. The molecule has 1 N–H and O–H groups in total. The number of ether oxygens (including phenoxy) is 1. The summed E-state index contributed by atoms with van der Waals surface area (Å²) in [7, 11) is 1.36. The molecule has 0 spiro atoms. The summed E-state index contributed by atoms with van der Waals surface area (Å²) in [4.78, 5) is 22.4. The molecule has 0 saturated carbocycles. The molecule has 0 saturated heterocycles. The SMILES string of the molecule is COC(=O)CSCCC(=O)NCCc1cccc(C)c1. The molecule has 0 atom stereocenters. The predicted octanol–water partition coefficient (Wildman–Crippen LogP) is 1.95. The van der Waals surface area contributed by atoms with Gasteiger partial charge in [0.25, 0.3) is 0 Å². The molecule has 1 aromatic carbocycles. The van der Waals surface area contributed by atoms with Crippen LogP contribution in [0.4, 0.5) is 0 Å². The average molecular weight is 295 g/mol. The van der Waals surface area contributed by atoms with Crippen LogP contribution in [0.1, 0.15) is 17.5 Å². The minimum absolute atomic E-state index is 0.0232. The molecule has 0 bridgehead atoms. The number of hydrogen-bond acceptors (Lipinski definition) is 4. The van der Waals surface area contributed by atoms with Crippen LogP contribution in [0, 0.1) is 6.92 Å². The molecule has 0 aliphatic rings. The number of hydrogen-bond donors (Lipinski definition) is 1. The molecule has 1 aromatic rings. The fourth-order valence-corrected chi connectivity index (χ4v) is 2.44. The fourth-order valence-electron chi connectivity index (χ4n) is 1.68. The van der Waals surface area contributed by atoms with Gasteiger partial charge < -0.3 is 10.1 Å². The minimum atomic E-state index is -0.255. The van der Waals surface area contributed by atoms with Crippen molar-refractivity contribution in [2.75, 3.05) is 25.2 Å². The van der Waals surface area contributed by atoms with Gasteiger partial charge in [0.2, 0.25) is 5.91 Å². The van der Waals surface area contributed by atoms with E-state index < -0.39 is 0 Å². The monoisotopic (exact) mass is 295 g/mol. The topological polar surface area (TPSA) is 55.4 Å². The molecule has 5 heteroatoms. The Morgan fingerprint density at radius 1 is 1.35 bits per heavy atom. The third-order valence-electron chi connectivity index (χ3n) is 2.74. The van der Waals surface area contributed by atoms with Gasteiger partial charge in [-0.25, -0.2) is 0 Å². The highest BCUT2D eigenvalue weighted by molar-refractivity contribution is 7.99. The van der Waals surface area contributed by atoms with E-state index in [-0.39, 0.29) is 11.9 Å².